The van der Waals surface area contributed by atoms with E-state index in [2.05, 4.69) is 159 Å². The molecule has 7 aromatic carbocycles. The van der Waals surface area contributed by atoms with E-state index in [-0.39, 0.29) is 5.41 Å². The number of fused-ring (bicyclic) bond motifs is 11. The van der Waals surface area contributed by atoms with Gasteiger partial charge in [-0.1, -0.05) is 141 Å². The Morgan fingerprint density at radius 2 is 0.978 bits per heavy atom. The Hall–Kier alpha value is -5.40. The lowest BCUT2D eigenvalue weighted by molar-refractivity contribution is 0.418. The van der Waals surface area contributed by atoms with Gasteiger partial charge in [-0.15, -0.1) is 0 Å². The molecule has 0 bridgehead atoms. The zero-order valence-electron chi connectivity index (χ0n) is 25.3. The van der Waals surface area contributed by atoms with E-state index in [0.29, 0.717) is 0 Å². The van der Waals surface area contributed by atoms with Crippen LogP contribution in [0.25, 0.3) is 44.2 Å². The summed E-state index contributed by atoms with van der Waals surface area (Å²) < 4.78 is 6.48. The van der Waals surface area contributed by atoms with Crippen LogP contribution in [0.2, 0.25) is 0 Å². The van der Waals surface area contributed by atoms with Crippen LogP contribution in [0, 0.1) is 0 Å². The molecule has 0 radical (unpaired) electrons. The number of ether oxygens (including phenoxy) is 1. The lowest BCUT2D eigenvalue weighted by Gasteiger charge is -2.41. The van der Waals surface area contributed by atoms with Crippen molar-refractivity contribution in [3.8, 4) is 44.9 Å². The van der Waals surface area contributed by atoms with Gasteiger partial charge in [0.15, 0.2) is 0 Å². The van der Waals surface area contributed by atoms with Crippen LogP contribution in [-0.4, -0.2) is 0 Å². The van der Waals surface area contributed by atoms with Crippen LogP contribution >= 0.6 is 0 Å². The smallest absolute Gasteiger partial charge is 0.131 e. The van der Waals surface area contributed by atoms with E-state index in [9.17, 15) is 0 Å². The molecule has 212 valence electrons. The molecule has 45 heavy (non-hydrogen) atoms. The summed E-state index contributed by atoms with van der Waals surface area (Å²) in [5.41, 5.74) is 15.0. The molecule has 1 aliphatic heterocycles. The molecule has 7 aromatic rings. The molecule has 0 saturated heterocycles. The van der Waals surface area contributed by atoms with Crippen LogP contribution in [-0.2, 0) is 10.8 Å². The SMILES string of the molecule is CC1(C)c2ccccc2Oc2ccc(-c3cccc4c3C3(c5ccccc5-4)c4ccccc4-c4cccc5cccc3c45)cc21. The molecule has 10 rings (SSSR count). The third-order valence-electron chi connectivity index (χ3n) is 10.7. The van der Waals surface area contributed by atoms with E-state index in [4.69, 9.17) is 4.74 Å². The summed E-state index contributed by atoms with van der Waals surface area (Å²) >= 11 is 0. The Bertz CT molecular complexity index is 2390. The molecule has 0 N–H and O–H groups in total. The first-order valence-electron chi connectivity index (χ1n) is 15.9. The van der Waals surface area contributed by atoms with Crippen molar-refractivity contribution in [2.75, 3.05) is 0 Å². The average molecular weight is 575 g/mol. The molecule has 2 aliphatic carbocycles. The van der Waals surface area contributed by atoms with Crippen molar-refractivity contribution in [2.45, 2.75) is 24.7 Å². The van der Waals surface area contributed by atoms with Crippen LogP contribution < -0.4 is 4.74 Å². The van der Waals surface area contributed by atoms with E-state index in [1.165, 1.54) is 77.5 Å². The van der Waals surface area contributed by atoms with Crippen LogP contribution in [0.5, 0.6) is 11.5 Å². The molecule has 0 aromatic heterocycles. The van der Waals surface area contributed by atoms with Crippen LogP contribution in [0.15, 0.2) is 146 Å². The number of benzene rings is 7. The highest BCUT2D eigenvalue weighted by Gasteiger charge is 2.51. The summed E-state index contributed by atoms with van der Waals surface area (Å²) in [6.07, 6.45) is 0. The fraction of sp³-hybridized carbons (Fsp3) is 0.0909. The molecule has 1 atom stereocenters. The maximum absolute atomic E-state index is 6.48. The standard InChI is InChI=1S/C44H30O/c1-43(2)36-21-7-8-23-39(36)45-40-25-24-28(26-38(40)43)29-16-11-18-33-31-15-4-6-20-35(31)44(42(29)33)34-19-5-3-14-30(34)32-17-9-12-27-13-10-22-37(44)41(27)32/h3-26H,1-2H3. The van der Waals surface area contributed by atoms with Gasteiger partial charge in [-0.05, 0) is 84.6 Å². The second-order valence-corrected chi connectivity index (χ2v) is 13.2. The van der Waals surface area contributed by atoms with Crippen molar-refractivity contribution in [3.63, 3.8) is 0 Å². The Morgan fingerprint density at radius 3 is 1.78 bits per heavy atom. The summed E-state index contributed by atoms with van der Waals surface area (Å²) in [6.45, 7) is 4.64. The molecule has 0 saturated carbocycles. The Kier molecular flexibility index (Phi) is 4.78. The van der Waals surface area contributed by atoms with Gasteiger partial charge in [0, 0.05) is 16.5 Å². The molecular weight excluding hydrogens is 544 g/mol. The summed E-state index contributed by atoms with van der Waals surface area (Å²) in [4.78, 5) is 0. The summed E-state index contributed by atoms with van der Waals surface area (Å²) in [7, 11) is 0. The molecule has 1 unspecified atom stereocenters. The minimum atomic E-state index is -0.457. The van der Waals surface area contributed by atoms with Gasteiger partial charge in [0.2, 0.25) is 0 Å². The van der Waals surface area contributed by atoms with Crippen LogP contribution in [0.4, 0.5) is 0 Å². The lowest BCUT2D eigenvalue weighted by Crippen LogP contribution is -2.32. The third-order valence-corrected chi connectivity index (χ3v) is 10.7. The van der Waals surface area contributed by atoms with Crippen LogP contribution in [0.3, 0.4) is 0 Å². The number of hydrogen-bond acceptors (Lipinski definition) is 1. The summed E-state index contributed by atoms with van der Waals surface area (Å²) in [6, 6.07) is 54.0. The largest absolute Gasteiger partial charge is 0.457 e. The molecular formula is C44H30O. The highest BCUT2D eigenvalue weighted by Crippen LogP contribution is 2.63. The third kappa shape index (κ3) is 3.03. The van der Waals surface area contributed by atoms with Gasteiger partial charge in [0.05, 0.1) is 5.41 Å². The Labute approximate surface area is 263 Å². The summed E-state index contributed by atoms with van der Waals surface area (Å²) in [5.74, 6) is 1.89. The fourth-order valence-corrected chi connectivity index (χ4v) is 8.84. The van der Waals surface area contributed by atoms with E-state index in [1.807, 2.05) is 0 Å². The minimum absolute atomic E-state index is 0.194. The number of hydrogen-bond donors (Lipinski definition) is 0. The van der Waals surface area contributed by atoms with Gasteiger partial charge >= 0.3 is 0 Å². The Morgan fingerprint density at radius 1 is 0.422 bits per heavy atom. The highest BCUT2D eigenvalue weighted by atomic mass is 16.5. The molecule has 1 heterocycles. The maximum atomic E-state index is 6.48. The van der Waals surface area contributed by atoms with Gasteiger partial charge < -0.3 is 4.74 Å². The van der Waals surface area contributed by atoms with Crippen molar-refractivity contribution in [1.82, 2.24) is 0 Å². The molecule has 0 fully saturated rings. The predicted molar refractivity (Wildman–Crippen MR) is 184 cm³/mol. The zero-order valence-corrected chi connectivity index (χ0v) is 25.3. The van der Waals surface area contributed by atoms with Gasteiger partial charge in [0.1, 0.15) is 11.5 Å². The maximum Gasteiger partial charge on any atom is 0.131 e. The first-order valence-corrected chi connectivity index (χ1v) is 15.9. The van der Waals surface area contributed by atoms with Gasteiger partial charge in [-0.2, -0.15) is 0 Å². The van der Waals surface area contributed by atoms with Crippen molar-refractivity contribution in [1.29, 1.82) is 0 Å². The van der Waals surface area contributed by atoms with E-state index >= 15 is 0 Å². The normalized spacial score (nSPS) is 17.6. The Balaban J connectivity index is 1.33. The van der Waals surface area contributed by atoms with Crippen molar-refractivity contribution >= 4 is 10.8 Å². The van der Waals surface area contributed by atoms with Crippen molar-refractivity contribution in [3.05, 3.63) is 179 Å². The number of rotatable bonds is 1. The first kappa shape index (κ1) is 25.0. The molecule has 1 spiro atoms. The average Bonchev–Trinajstić information content (AvgIpc) is 3.38. The topological polar surface area (TPSA) is 9.23 Å². The number of para-hydroxylation sites is 1. The van der Waals surface area contributed by atoms with Crippen molar-refractivity contribution < 1.29 is 4.74 Å². The van der Waals surface area contributed by atoms with E-state index in [1.54, 1.807) is 0 Å². The van der Waals surface area contributed by atoms with Crippen LogP contribution in [0.1, 0.15) is 47.2 Å². The second kappa shape index (κ2) is 8.61. The molecule has 0 amide bonds. The quantitative estimate of drug-likeness (QED) is 0.189. The molecule has 1 heteroatoms. The van der Waals surface area contributed by atoms with E-state index in [0.717, 1.165) is 11.5 Å². The highest BCUT2D eigenvalue weighted by molar-refractivity contribution is 6.08. The zero-order chi connectivity index (χ0) is 29.9. The first-order chi connectivity index (χ1) is 22.1. The molecule has 3 aliphatic rings. The minimum Gasteiger partial charge on any atom is -0.457 e. The molecule has 1 nitrogen and oxygen atoms in total. The fourth-order valence-electron chi connectivity index (χ4n) is 8.84. The lowest BCUT2D eigenvalue weighted by atomic mass is 9.60. The van der Waals surface area contributed by atoms with Crippen molar-refractivity contribution in [2.24, 2.45) is 0 Å². The summed E-state index contributed by atoms with van der Waals surface area (Å²) in [5, 5.41) is 2.64. The van der Waals surface area contributed by atoms with Gasteiger partial charge in [-0.25, -0.2) is 0 Å². The van der Waals surface area contributed by atoms with Gasteiger partial charge in [-0.3, -0.25) is 0 Å². The van der Waals surface area contributed by atoms with Gasteiger partial charge in [0.25, 0.3) is 0 Å². The second-order valence-electron chi connectivity index (χ2n) is 13.2. The van der Waals surface area contributed by atoms with E-state index < -0.39 is 5.41 Å². The predicted octanol–water partition coefficient (Wildman–Crippen LogP) is 11.3. The monoisotopic (exact) mass is 574 g/mol.